The third kappa shape index (κ3) is 3.27. The Bertz CT molecular complexity index is 1540. The van der Waals surface area contributed by atoms with Crippen molar-refractivity contribution in [1.29, 1.82) is 0 Å². The molecular formula is C28H23ClFN3O6. The maximum atomic E-state index is 14.2. The number of phenolic OH excluding ortho intramolecular Hbond substituents is 1. The fourth-order valence-electron chi connectivity index (χ4n) is 7.18. The van der Waals surface area contributed by atoms with Crippen molar-refractivity contribution in [3.05, 3.63) is 70.5 Å². The van der Waals surface area contributed by atoms with Gasteiger partial charge in [-0.25, -0.2) is 14.1 Å². The number of rotatable bonds is 2. The second kappa shape index (κ2) is 8.47. The summed E-state index contributed by atoms with van der Waals surface area (Å²) in [6.07, 6.45) is 1.97. The molecule has 4 aliphatic rings. The molecule has 2 aliphatic heterocycles. The summed E-state index contributed by atoms with van der Waals surface area (Å²) in [4.78, 5) is 67.8. The number of amides is 6. The molecule has 3 N–H and O–H groups in total. The molecule has 0 spiro atoms. The molecule has 200 valence electrons. The zero-order valence-corrected chi connectivity index (χ0v) is 21.4. The topological polar surface area (TPSA) is 138 Å². The third-order valence-corrected chi connectivity index (χ3v) is 9.19. The number of likely N-dealkylation sites (tertiary alicyclic amines) is 1. The molecule has 39 heavy (non-hydrogen) atoms. The van der Waals surface area contributed by atoms with E-state index in [1.165, 1.54) is 18.2 Å². The summed E-state index contributed by atoms with van der Waals surface area (Å²) in [6, 6.07) is 8.85. The van der Waals surface area contributed by atoms with Crippen LogP contribution in [0.25, 0.3) is 0 Å². The molecule has 0 unspecified atom stereocenters. The molecule has 2 aromatic carbocycles. The van der Waals surface area contributed by atoms with Crippen molar-refractivity contribution in [3.63, 3.8) is 0 Å². The highest BCUT2D eigenvalue weighted by Crippen LogP contribution is 2.64. The molecule has 2 heterocycles. The van der Waals surface area contributed by atoms with Crippen molar-refractivity contribution >= 4 is 46.9 Å². The highest BCUT2D eigenvalue weighted by Gasteiger charge is 2.68. The number of halogens is 2. The van der Waals surface area contributed by atoms with E-state index < -0.39 is 70.5 Å². The van der Waals surface area contributed by atoms with Crippen LogP contribution in [0.3, 0.4) is 0 Å². The maximum Gasteiger partial charge on any atom is 0.328 e. The molecule has 0 radical (unpaired) electrons. The number of allylic oxidation sites excluding steroid dienone is 2. The Balaban J connectivity index is 1.53. The minimum absolute atomic E-state index is 0.0508. The van der Waals surface area contributed by atoms with Gasteiger partial charge in [0.15, 0.2) is 0 Å². The largest absolute Gasteiger partial charge is 0.508 e. The van der Waals surface area contributed by atoms with Crippen LogP contribution < -0.4 is 10.6 Å². The number of nitrogens with two attached hydrogens (primary N) is 1. The zero-order chi connectivity index (χ0) is 28.0. The number of primary amides is 1. The van der Waals surface area contributed by atoms with E-state index in [-0.39, 0.29) is 29.3 Å². The summed E-state index contributed by atoms with van der Waals surface area (Å²) in [6.45, 7) is 1.65. The Labute approximate surface area is 227 Å². The maximum absolute atomic E-state index is 14.2. The minimum atomic E-state index is -1.39. The summed E-state index contributed by atoms with van der Waals surface area (Å²) >= 11 is 5.97. The van der Waals surface area contributed by atoms with Crippen molar-refractivity contribution < 1.29 is 33.5 Å². The quantitative estimate of drug-likeness (QED) is 0.433. The van der Waals surface area contributed by atoms with Crippen LogP contribution in [0.5, 0.6) is 5.75 Å². The Morgan fingerprint density at radius 1 is 1.08 bits per heavy atom. The third-order valence-electron chi connectivity index (χ3n) is 8.90. The van der Waals surface area contributed by atoms with Crippen LogP contribution in [0, 0.1) is 34.9 Å². The number of anilines is 1. The molecule has 0 aromatic heterocycles. The number of carbonyl (C=O) groups is 5. The molecule has 6 rings (SSSR count). The van der Waals surface area contributed by atoms with E-state index in [0.29, 0.717) is 16.0 Å². The average molecular weight is 552 g/mol. The first-order valence-electron chi connectivity index (χ1n) is 12.5. The van der Waals surface area contributed by atoms with Crippen molar-refractivity contribution in [3.8, 4) is 5.75 Å². The van der Waals surface area contributed by atoms with Crippen LogP contribution in [0.15, 0.2) is 54.1 Å². The predicted octanol–water partition coefficient (Wildman–Crippen LogP) is 3.49. The van der Waals surface area contributed by atoms with Gasteiger partial charge in [0, 0.05) is 11.5 Å². The number of hydrogen-bond acceptors (Lipinski definition) is 6. The predicted molar refractivity (Wildman–Crippen MR) is 136 cm³/mol. The van der Waals surface area contributed by atoms with Gasteiger partial charge in [0.25, 0.3) is 0 Å². The lowest BCUT2D eigenvalue weighted by Gasteiger charge is -2.49. The van der Waals surface area contributed by atoms with Gasteiger partial charge in [-0.05, 0) is 49.9 Å². The number of phenols is 1. The van der Waals surface area contributed by atoms with Crippen LogP contribution in [-0.4, -0.2) is 39.7 Å². The average Bonchev–Trinajstić information content (AvgIpc) is 3.26. The molecule has 2 saturated heterocycles. The number of imide groups is 4. The standard InChI is InChI=1S/C28H23ClFN3O6/c1-28-17(24(36)32(26(28)38)12-6-9-19(30)18(29)10-12)11-16-13(22(28)14-4-2-3-5-20(14)34)7-8-15-21(16)25(37)33(23(15)35)27(31)39/h2-7,9-10,15-17,21-22,34H,8,11H2,1H3,(H2,31,39)/t15-,16+,17-,21-,22+,28+/m0/s1. The Morgan fingerprint density at radius 3 is 2.46 bits per heavy atom. The number of para-hydroxylation sites is 1. The van der Waals surface area contributed by atoms with Gasteiger partial charge in [-0.1, -0.05) is 41.4 Å². The second-order valence-corrected chi connectivity index (χ2v) is 11.1. The van der Waals surface area contributed by atoms with Crippen LogP contribution in [0.4, 0.5) is 14.9 Å². The van der Waals surface area contributed by atoms with E-state index in [1.54, 1.807) is 31.2 Å². The van der Waals surface area contributed by atoms with E-state index in [1.807, 2.05) is 0 Å². The Kier molecular flexibility index (Phi) is 5.48. The first-order chi connectivity index (χ1) is 18.5. The van der Waals surface area contributed by atoms with E-state index in [4.69, 9.17) is 17.3 Å². The first kappa shape index (κ1) is 25.2. The zero-order valence-electron chi connectivity index (χ0n) is 20.6. The summed E-state index contributed by atoms with van der Waals surface area (Å²) in [5, 5.41) is 10.6. The molecule has 6 amide bonds. The smallest absolute Gasteiger partial charge is 0.328 e. The summed E-state index contributed by atoms with van der Waals surface area (Å²) in [5.41, 5.74) is 5.09. The molecule has 0 bridgehead atoms. The van der Waals surface area contributed by atoms with E-state index in [0.717, 1.165) is 11.0 Å². The molecule has 2 aromatic rings. The molecule has 6 atom stereocenters. The molecule has 1 saturated carbocycles. The number of nitrogens with zero attached hydrogens (tertiary/aromatic N) is 2. The van der Waals surface area contributed by atoms with E-state index >= 15 is 0 Å². The number of hydrogen-bond donors (Lipinski definition) is 2. The Hall–Kier alpha value is -4.05. The van der Waals surface area contributed by atoms with Crippen LogP contribution in [-0.2, 0) is 19.2 Å². The van der Waals surface area contributed by atoms with Crippen molar-refractivity contribution in [2.24, 2.45) is 34.8 Å². The molecule has 11 heteroatoms. The van der Waals surface area contributed by atoms with E-state index in [2.05, 4.69) is 0 Å². The van der Waals surface area contributed by atoms with Crippen molar-refractivity contribution in [2.75, 3.05) is 4.90 Å². The SMILES string of the molecule is C[C@@]12C(=O)N(c3ccc(F)c(Cl)c3)C(=O)[C@@H]1C[C@@H]1C(=CC[C@@H]3C(=O)N(C(N)=O)C(=O)[C@@H]31)[C@@H]2c1ccccc1O. The number of benzene rings is 2. The lowest BCUT2D eigenvalue weighted by Crippen LogP contribution is -2.49. The molecule has 3 fully saturated rings. The van der Waals surface area contributed by atoms with Gasteiger partial charge < -0.3 is 10.8 Å². The second-order valence-electron chi connectivity index (χ2n) is 10.7. The highest BCUT2D eigenvalue weighted by molar-refractivity contribution is 6.31. The summed E-state index contributed by atoms with van der Waals surface area (Å²) < 4.78 is 13.9. The van der Waals surface area contributed by atoms with Crippen LogP contribution in [0.2, 0.25) is 5.02 Å². The van der Waals surface area contributed by atoms with Gasteiger partial charge in [0.2, 0.25) is 23.6 Å². The summed E-state index contributed by atoms with van der Waals surface area (Å²) in [7, 11) is 0. The van der Waals surface area contributed by atoms with Gasteiger partial charge in [0.1, 0.15) is 11.6 Å². The number of fused-ring (bicyclic) bond motifs is 4. The normalized spacial score (nSPS) is 31.7. The van der Waals surface area contributed by atoms with E-state index in [9.17, 15) is 33.5 Å². The first-order valence-corrected chi connectivity index (χ1v) is 12.8. The monoisotopic (exact) mass is 551 g/mol. The van der Waals surface area contributed by atoms with Gasteiger partial charge >= 0.3 is 6.03 Å². The van der Waals surface area contributed by atoms with Gasteiger partial charge in [0.05, 0.1) is 33.9 Å². The van der Waals surface area contributed by atoms with Crippen molar-refractivity contribution in [2.45, 2.75) is 25.7 Å². The number of aromatic hydroxyl groups is 1. The van der Waals surface area contributed by atoms with Crippen LogP contribution >= 0.6 is 11.6 Å². The minimum Gasteiger partial charge on any atom is -0.508 e. The fourth-order valence-corrected chi connectivity index (χ4v) is 7.35. The molecular weight excluding hydrogens is 529 g/mol. The highest BCUT2D eigenvalue weighted by atomic mass is 35.5. The van der Waals surface area contributed by atoms with Crippen LogP contribution in [0.1, 0.15) is 31.2 Å². The van der Waals surface area contributed by atoms with Gasteiger partial charge in [-0.3, -0.25) is 19.2 Å². The van der Waals surface area contributed by atoms with Crippen molar-refractivity contribution in [1.82, 2.24) is 4.90 Å². The molecule has 2 aliphatic carbocycles. The summed E-state index contributed by atoms with van der Waals surface area (Å²) in [5.74, 6) is -7.55. The van der Waals surface area contributed by atoms with Gasteiger partial charge in [-0.2, -0.15) is 4.90 Å². The van der Waals surface area contributed by atoms with Gasteiger partial charge in [-0.15, -0.1) is 0 Å². The fraction of sp³-hybridized carbons (Fsp3) is 0.321. The Morgan fingerprint density at radius 2 is 1.79 bits per heavy atom. The number of urea groups is 1. The lowest BCUT2D eigenvalue weighted by atomic mass is 9.51. The lowest BCUT2D eigenvalue weighted by molar-refractivity contribution is -0.136. The number of carbonyl (C=O) groups excluding carboxylic acids is 5. The molecule has 9 nitrogen and oxygen atoms in total.